The zero-order valence-electron chi connectivity index (χ0n) is 17.0. The zero-order chi connectivity index (χ0) is 21.3. The van der Waals surface area contributed by atoms with E-state index in [2.05, 4.69) is 22.8 Å². The number of anilines is 1. The molecule has 0 fully saturated rings. The van der Waals surface area contributed by atoms with Crippen LogP contribution in [0.2, 0.25) is 0 Å². The van der Waals surface area contributed by atoms with Crippen LogP contribution in [0, 0.1) is 0 Å². The van der Waals surface area contributed by atoms with Crippen molar-refractivity contribution in [2.24, 2.45) is 0 Å². The van der Waals surface area contributed by atoms with E-state index in [1.165, 1.54) is 7.11 Å². The topological polar surface area (TPSA) is 76.7 Å². The Hall–Kier alpha value is -3.80. The van der Waals surface area contributed by atoms with E-state index < -0.39 is 0 Å². The van der Waals surface area contributed by atoms with Gasteiger partial charge in [0.15, 0.2) is 6.61 Å². The van der Waals surface area contributed by atoms with Crippen molar-refractivity contribution < 1.29 is 19.1 Å². The predicted octanol–water partition coefficient (Wildman–Crippen LogP) is 3.66. The Labute approximate surface area is 175 Å². The van der Waals surface area contributed by atoms with E-state index in [1.54, 1.807) is 25.2 Å². The summed E-state index contributed by atoms with van der Waals surface area (Å²) in [4.78, 5) is 24.3. The minimum absolute atomic E-state index is 0.168. The standard InChI is InChI=1S/C24H24N2O4/c1-25-24(28)19-12-13-22(29-2)20(15-19)26-23(27)16-30-21-11-7-6-10-18(21)14-17-8-4-3-5-9-17/h3-13,15H,14,16H2,1-2H3,(H,25,28)(H,26,27). The number of amides is 2. The predicted molar refractivity (Wildman–Crippen MR) is 116 cm³/mol. The van der Waals surface area contributed by atoms with Crippen LogP contribution in [0.25, 0.3) is 0 Å². The SMILES string of the molecule is CNC(=O)c1ccc(OC)c(NC(=O)COc2ccccc2Cc2ccccc2)c1. The van der Waals surface area contributed by atoms with Crippen molar-refractivity contribution in [1.29, 1.82) is 0 Å². The van der Waals surface area contributed by atoms with E-state index in [9.17, 15) is 9.59 Å². The summed E-state index contributed by atoms with van der Waals surface area (Å²) >= 11 is 0. The summed E-state index contributed by atoms with van der Waals surface area (Å²) < 4.78 is 11.1. The van der Waals surface area contributed by atoms with Crippen molar-refractivity contribution in [2.75, 3.05) is 26.1 Å². The first-order chi connectivity index (χ1) is 14.6. The van der Waals surface area contributed by atoms with Gasteiger partial charge < -0.3 is 20.1 Å². The molecule has 0 saturated heterocycles. The van der Waals surface area contributed by atoms with Crippen LogP contribution in [-0.4, -0.2) is 32.6 Å². The second kappa shape index (κ2) is 10.1. The molecule has 3 aromatic carbocycles. The van der Waals surface area contributed by atoms with Crippen LogP contribution < -0.4 is 20.1 Å². The molecule has 6 heteroatoms. The van der Waals surface area contributed by atoms with Gasteiger partial charge in [-0.1, -0.05) is 48.5 Å². The molecule has 30 heavy (non-hydrogen) atoms. The smallest absolute Gasteiger partial charge is 0.262 e. The third-order valence-electron chi connectivity index (χ3n) is 4.53. The molecule has 0 aromatic heterocycles. The molecule has 0 aliphatic carbocycles. The number of carbonyl (C=O) groups excluding carboxylic acids is 2. The third kappa shape index (κ3) is 5.38. The van der Waals surface area contributed by atoms with Gasteiger partial charge in [-0.15, -0.1) is 0 Å². The van der Waals surface area contributed by atoms with E-state index in [0.717, 1.165) is 11.1 Å². The van der Waals surface area contributed by atoms with E-state index in [4.69, 9.17) is 9.47 Å². The van der Waals surface area contributed by atoms with Gasteiger partial charge in [-0.3, -0.25) is 9.59 Å². The van der Waals surface area contributed by atoms with Gasteiger partial charge >= 0.3 is 0 Å². The first-order valence-corrected chi connectivity index (χ1v) is 9.55. The molecule has 0 aliphatic rings. The molecule has 0 spiro atoms. The lowest BCUT2D eigenvalue weighted by Crippen LogP contribution is -2.22. The number of nitrogens with one attached hydrogen (secondary N) is 2. The molecule has 0 bridgehead atoms. The number of benzene rings is 3. The van der Waals surface area contributed by atoms with Crippen molar-refractivity contribution in [3.63, 3.8) is 0 Å². The first-order valence-electron chi connectivity index (χ1n) is 9.55. The Morgan fingerprint density at radius 1 is 0.900 bits per heavy atom. The molecule has 0 unspecified atom stereocenters. The highest BCUT2D eigenvalue weighted by atomic mass is 16.5. The first kappa shape index (κ1) is 20.9. The summed E-state index contributed by atoms with van der Waals surface area (Å²) in [7, 11) is 3.05. The van der Waals surface area contributed by atoms with Gasteiger partial charge in [0.05, 0.1) is 12.8 Å². The lowest BCUT2D eigenvalue weighted by Gasteiger charge is -2.14. The fourth-order valence-corrected chi connectivity index (χ4v) is 3.03. The van der Waals surface area contributed by atoms with Crippen LogP contribution in [0.3, 0.4) is 0 Å². The van der Waals surface area contributed by atoms with Gasteiger partial charge in [0, 0.05) is 19.0 Å². The molecule has 154 valence electrons. The van der Waals surface area contributed by atoms with Crippen LogP contribution in [0.4, 0.5) is 5.69 Å². The zero-order valence-corrected chi connectivity index (χ0v) is 17.0. The second-order valence-electron chi connectivity index (χ2n) is 6.60. The fourth-order valence-electron chi connectivity index (χ4n) is 3.03. The molecule has 0 radical (unpaired) electrons. The van der Waals surface area contributed by atoms with Crippen molar-refractivity contribution in [3.05, 3.63) is 89.5 Å². The van der Waals surface area contributed by atoms with E-state index in [0.29, 0.717) is 29.2 Å². The molecule has 0 saturated carbocycles. The van der Waals surface area contributed by atoms with Crippen LogP contribution in [0.15, 0.2) is 72.8 Å². The lowest BCUT2D eigenvalue weighted by atomic mass is 10.0. The monoisotopic (exact) mass is 404 g/mol. The Balaban J connectivity index is 1.68. The van der Waals surface area contributed by atoms with E-state index >= 15 is 0 Å². The number of carbonyl (C=O) groups is 2. The molecule has 3 aromatic rings. The minimum atomic E-state index is -0.350. The highest BCUT2D eigenvalue weighted by Gasteiger charge is 2.13. The quantitative estimate of drug-likeness (QED) is 0.601. The maximum absolute atomic E-state index is 12.5. The summed E-state index contributed by atoms with van der Waals surface area (Å²) in [5.41, 5.74) is 2.98. The molecule has 2 amide bonds. The molecule has 0 heterocycles. The maximum Gasteiger partial charge on any atom is 0.262 e. The summed E-state index contributed by atoms with van der Waals surface area (Å²) in [5.74, 6) is 0.513. The molecule has 3 rings (SSSR count). The summed E-state index contributed by atoms with van der Waals surface area (Å²) in [5, 5.41) is 5.31. The molecule has 6 nitrogen and oxygen atoms in total. The number of methoxy groups -OCH3 is 1. The Bertz CT molecular complexity index is 1020. The van der Waals surface area contributed by atoms with E-state index in [1.807, 2.05) is 42.5 Å². The number of hydrogen-bond donors (Lipinski definition) is 2. The Morgan fingerprint density at radius 3 is 2.37 bits per heavy atom. The average molecular weight is 404 g/mol. The summed E-state index contributed by atoms with van der Waals surface area (Å²) in [6.07, 6.45) is 0.709. The summed E-state index contributed by atoms with van der Waals surface area (Å²) in [6.45, 7) is -0.168. The van der Waals surface area contributed by atoms with Gasteiger partial charge in [-0.2, -0.15) is 0 Å². The van der Waals surface area contributed by atoms with Gasteiger partial charge in [0.2, 0.25) is 0 Å². The van der Waals surface area contributed by atoms with Crippen LogP contribution in [-0.2, 0) is 11.2 Å². The molecular formula is C24H24N2O4. The highest BCUT2D eigenvalue weighted by molar-refractivity contribution is 5.98. The average Bonchev–Trinajstić information content (AvgIpc) is 2.78. The summed E-state index contributed by atoms with van der Waals surface area (Å²) in [6, 6.07) is 22.5. The highest BCUT2D eigenvalue weighted by Crippen LogP contribution is 2.26. The number of rotatable bonds is 8. The van der Waals surface area contributed by atoms with Crippen molar-refractivity contribution in [3.8, 4) is 11.5 Å². The van der Waals surface area contributed by atoms with Gasteiger partial charge in [0.1, 0.15) is 11.5 Å². The van der Waals surface area contributed by atoms with Crippen LogP contribution in [0.5, 0.6) is 11.5 Å². The van der Waals surface area contributed by atoms with Crippen molar-refractivity contribution in [2.45, 2.75) is 6.42 Å². The normalized spacial score (nSPS) is 10.2. The van der Waals surface area contributed by atoms with Gasteiger partial charge in [0.25, 0.3) is 11.8 Å². The largest absolute Gasteiger partial charge is 0.495 e. The van der Waals surface area contributed by atoms with E-state index in [-0.39, 0.29) is 18.4 Å². The number of hydrogen-bond acceptors (Lipinski definition) is 4. The maximum atomic E-state index is 12.5. The fraction of sp³-hybridized carbons (Fsp3) is 0.167. The van der Waals surface area contributed by atoms with Crippen LogP contribution >= 0.6 is 0 Å². The lowest BCUT2D eigenvalue weighted by molar-refractivity contribution is -0.118. The number of ether oxygens (including phenoxy) is 2. The van der Waals surface area contributed by atoms with Crippen molar-refractivity contribution in [1.82, 2.24) is 5.32 Å². The Morgan fingerprint density at radius 2 is 1.63 bits per heavy atom. The molecular weight excluding hydrogens is 380 g/mol. The van der Waals surface area contributed by atoms with Gasteiger partial charge in [-0.05, 0) is 35.4 Å². The van der Waals surface area contributed by atoms with Gasteiger partial charge in [-0.25, -0.2) is 0 Å². The number of para-hydroxylation sites is 1. The third-order valence-corrected chi connectivity index (χ3v) is 4.53. The second-order valence-corrected chi connectivity index (χ2v) is 6.60. The van der Waals surface area contributed by atoms with Crippen molar-refractivity contribution >= 4 is 17.5 Å². The minimum Gasteiger partial charge on any atom is -0.495 e. The van der Waals surface area contributed by atoms with Crippen LogP contribution in [0.1, 0.15) is 21.5 Å². The molecule has 2 N–H and O–H groups in total. The molecule has 0 aliphatic heterocycles. The Kier molecular flexibility index (Phi) is 7.05. The molecule has 0 atom stereocenters.